The Labute approximate surface area is 127 Å². The molecule has 0 aliphatic rings. The second kappa shape index (κ2) is 5.01. The Balaban J connectivity index is 2.39. The van der Waals surface area contributed by atoms with Gasteiger partial charge in [0.2, 0.25) is 0 Å². The van der Waals surface area contributed by atoms with Crippen LogP contribution in [0.15, 0.2) is 36.4 Å². The van der Waals surface area contributed by atoms with Crippen LogP contribution in [0, 0.1) is 20.8 Å². The molecule has 0 N–H and O–H groups in total. The summed E-state index contributed by atoms with van der Waals surface area (Å²) in [4.78, 5) is 0. The maximum absolute atomic E-state index is 4.45. The molecule has 0 saturated carbocycles. The molecule has 2 nitrogen and oxygen atoms in total. The van der Waals surface area contributed by atoms with Gasteiger partial charge in [0.05, 0.1) is 0 Å². The van der Waals surface area contributed by atoms with E-state index in [0.29, 0.717) is 0 Å². The molecular formula is C17H15N2Se. The normalized spacial score (nSPS) is 10.9. The molecule has 0 saturated heterocycles. The topological polar surface area (TPSA) is 25.8 Å². The SMILES string of the molecule is Cc1cc(C)c(-c2nnc([Se])c3ccccc23)c(C)c1. The molecule has 0 spiro atoms. The van der Waals surface area contributed by atoms with Crippen LogP contribution in [0.4, 0.5) is 0 Å². The Kier molecular flexibility index (Phi) is 3.33. The van der Waals surface area contributed by atoms with Gasteiger partial charge < -0.3 is 0 Å². The van der Waals surface area contributed by atoms with Crippen molar-refractivity contribution in [3.8, 4) is 11.3 Å². The number of hydrogen-bond acceptors (Lipinski definition) is 2. The molecule has 3 heteroatoms. The van der Waals surface area contributed by atoms with Crippen LogP contribution in [0.2, 0.25) is 0 Å². The van der Waals surface area contributed by atoms with Gasteiger partial charge in [0.15, 0.2) is 0 Å². The number of fused-ring (bicyclic) bond motifs is 1. The molecule has 2 aromatic carbocycles. The standard InChI is InChI=1S/C17H15N2Se/c1-10-8-11(2)15(12(3)9-10)16-13-6-4-5-7-14(13)17(20)19-18-16/h4-9H,1-3H3. The van der Waals surface area contributed by atoms with Gasteiger partial charge in [-0.1, -0.05) is 0 Å². The number of hydrogen-bond donors (Lipinski definition) is 0. The van der Waals surface area contributed by atoms with Gasteiger partial charge in [-0.3, -0.25) is 0 Å². The van der Waals surface area contributed by atoms with E-state index in [1.807, 2.05) is 12.1 Å². The van der Waals surface area contributed by atoms with Crippen LogP contribution < -0.4 is 4.59 Å². The first kappa shape index (κ1) is 13.3. The van der Waals surface area contributed by atoms with E-state index in [2.05, 4.69) is 71.2 Å². The van der Waals surface area contributed by atoms with E-state index >= 15 is 0 Å². The van der Waals surface area contributed by atoms with Gasteiger partial charge in [0.1, 0.15) is 0 Å². The van der Waals surface area contributed by atoms with Crippen molar-refractivity contribution in [2.24, 2.45) is 0 Å². The molecule has 0 unspecified atom stereocenters. The maximum atomic E-state index is 4.45. The van der Waals surface area contributed by atoms with Crippen LogP contribution in [-0.2, 0) is 0 Å². The predicted molar refractivity (Wildman–Crippen MR) is 84.6 cm³/mol. The third-order valence-corrected chi connectivity index (χ3v) is 4.20. The van der Waals surface area contributed by atoms with Crippen LogP contribution >= 0.6 is 0 Å². The first-order valence-electron chi connectivity index (χ1n) is 6.58. The molecule has 0 amide bonds. The van der Waals surface area contributed by atoms with Gasteiger partial charge in [-0.25, -0.2) is 0 Å². The van der Waals surface area contributed by atoms with Crippen molar-refractivity contribution >= 4 is 31.4 Å². The van der Waals surface area contributed by atoms with Crippen molar-refractivity contribution in [2.75, 3.05) is 0 Å². The molecule has 20 heavy (non-hydrogen) atoms. The van der Waals surface area contributed by atoms with E-state index < -0.39 is 0 Å². The summed E-state index contributed by atoms with van der Waals surface area (Å²) in [6.45, 7) is 6.40. The summed E-state index contributed by atoms with van der Waals surface area (Å²) in [6, 6.07) is 12.7. The second-order valence-electron chi connectivity index (χ2n) is 5.17. The number of aromatic nitrogens is 2. The minimum atomic E-state index is 0.853. The molecule has 0 aliphatic carbocycles. The summed E-state index contributed by atoms with van der Waals surface area (Å²) in [5.41, 5.74) is 5.93. The number of benzene rings is 2. The molecule has 0 aliphatic heterocycles. The zero-order valence-electron chi connectivity index (χ0n) is 11.8. The van der Waals surface area contributed by atoms with Crippen LogP contribution in [0.1, 0.15) is 16.7 Å². The van der Waals surface area contributed by atoms with E-state index in [4.69, 9.17) is 0 Å². The van der Waals surface area contributed by atoms with Crippen LogP contribution in [-0.4, -0.2) is 26.2 Å². The van der Waals surface area contributed by atoms with E-state index in [9.17, 15) is 0 Å². The van der Waals surface area contributed by atoms with Crippen molar-refractivity contribution < 1.29 is 0 Å². The summed E-state index contributed by atoms with van der Waals surface area (Å²) in [5.74, 6) is 0. The average Bonchev–Trinajstić information content (AvgIpc) is 2.40. The van der Waals surface area contributed by atoms with Crippen molar-refractivity contribution in [3.05, 3.63) is 53.1 Å². The Hall–Kier alpha value is -1.70. The zero-order valence-corrected chi connectivity index (χ0v) is 13.5. The first-order chi connectivity index (χ1) is 9.58. The second-order valence-corrected chi connectivity index (χ2v) is 5.98. The van der Waals surface area contributed by atoms with Gasteiger partial charge >= 0.3 is 127 Å². The monoisotopic (exact) mass is 327 g/mol. The fraction of sp³-hybridized carbons (Fsp3) is 0.176. The number of nitrogens with zero attached hydrogens (tertiary/aromatic N) is 2. The van der Waals surface area contributed by atoms with Crippen LogP contribution in [0.25, 0.3) is 22.0 Å². The molecule has 1 aromatic heterocycles. The molecule has 99 valence electrons. The summed E-state index contributed by atoms with van der Waals surface area (Å²) in [5, 5.41) is 11.0. The average molecular weight is 326 g/mol. The molecule has 0 fully saturated rings. The van der Waals surface area contributed by atoms with Crippen LogP contribution in [0.3, 0.4) is 0 Å². The zero-order chi connectivity index (χ0) is 14.3. The van der Waals surface area contributed by atoms with Gasteiger partial charge in [-0.15, -0.1) is 0 Å². The van der Waals surface area contributed by atoms with Crippen molar-refractivity contribution in [3.63, 3.8) is 0 Å². The van der Waals surface area contributed by atoms with E-state index in [0.717, 1.165) is 21.1 Å². The van der Waals surface area contributed by atoms with Crippen molar-refractivity contribution in [1.29, 1.82) is 0 Å². The number of aryl methyl sites for hydroxylation is 3. The quantitative estimate of drug-likeness (QED) is 0.643. The summed E-state index contributed by atoms with van der Waals surface area (Å²) in [6.07, 6.45) is 0. The van der Waals surface area contributed by atoms with E-state index in [1.165, 1.54) is 22.3 Å². The Morgan fingerprint density at radius 2 is 1.45 bits per heavy atom. The molecule has 1 heterocycles. The van der Waals surface area contributed by atoms with Crippen molar-refractivity contribution in [1.82, 2.24) is 10.2 Å². The molecule has 3 rings (SSSR count). The molecule has 1 radical (unpaired) electrons. The Morgan fingerprint density at radius 3 is 2.10 bits per heavy atom. The van der Waals surface area contributed by atoms with Gasteiger partial charge in [0.25, 0.3) is 0 Å². The summed E-state index contributed by atoms with van der Waals surface area (Å²) in [7, 11) is 0. The third-order valence-electron chi connectivity index (χ3n) is 3.57. The number of rotatable bonds is 1. The molecule has 0 atom stereocenters. The molecule has 0 bridgehead atoms. The molecular weight excluding hydrogens is 311 g/mol. The Morgan fingerprint density at radius 1 is 0.850 bits per heavy atom. The predicted octanol–water partition coefficient (Wildman–Crippen LogP) is 3.02. The van der Waals surface area contributed by atoms with E-state index in [1.54, 1.807) is 0 Å². The Bertz CT molecular complexity index is 786. The van der Waals surface area contributed by atoms with Crippen LogP contribution in [0.5, 0.6) is 0 Å². The van der Waals surface area contributed by atoms with Gasteiger partial charge in [-0.2, -0.15) is 0 Å². The third kappa shape index (κ3) is 2.13. The fourth-order valence-corrected chi connectivity index (χ4v) is 3.28. The van der Waals surface area contributed by atoms with Gasteiger partial charge in [-0.05, 0) is 0 Å². The summed E-state index contributed by atoms with van der Waals surface area (Å²) < 4.78 is 0.853. The minimum absolute atomic E-state index is 0.853. The van der Waals surface area contributed by atoms with Gasteiger partial charge in [0, 0.05) is 0 Å². The first-order valence-corrected chi connectivity index (χ1v) is 7.44. The fourth-order valence-electron chi connectivity index (χ4n) is 2.82. The summed E-state index contributed by atoms with van der Waals surface area (Å²) >= 11 is 2.99. The van der Waals surface area contributed by atoms with Crippen molar-refractivity contribution in [2.45, 2.75) is 20.8 Å². The molecule has 3 aromatic rings. The van der Waals surface area contributed by atoms with E-state index in [-0.39, 0.29) is 0 Å².